The number of likely N-dealkylation sites (tertiary alicyclic amines) is 1. The van der Waals surface area contributed by atoms with Crippen molar-refractivity contribution in [3.63, 3.8) is 0 Å². The van der Waals surface area contributed by atoms with Crippen LogP contribution in [0.3, 0.4) is 0 Å². The van der Waals surface area contributed by atoms with E-state index < -0.39 is 17.8 Å². The molecule has 0 radical (unpaired) electrons. The molecule has 0 bridgehead atoms. The predicted octanol–water partition coefficient (Wildman–Crippen LogP) is 0.644. The number of phenolic OH excluding ortho intramolecular Hbond substituents is 2. The molecule has 1 saturated heterocycles. The molecular weight excluding hydrogens is 238 g/mol. The summed E-state index contributed by atoms with van der Waals surface area (Å²) in [6.45, 7) is 0.408. The normalized spacial score (nSPS) is 18.9. The Balaban J connectivity index is 2.21. The summed E-state index contributed by atoms with van der Waals surface area (Å²) in [5.41, 5.74) is -0.177. The van der Waals surface area contributed by atoms with Gasteiger partial charge in [0.05, 0.1) is 5.92 Å². The van der Waals surface area contributed by atoms with Crippen LogP contribution in [-0.2, 0) is 4.79 Å². The number of phenols is 2. The van der Waals surface area contributed by atoms with Crippen LogP contribution in [0.1, 0.15) is 16.8 Å². The summed E-state index contributed by atoms with van der Waals surface area (Å²) < 4.78 is 0. The van der Waals surface area contributed by atoms with Gasteiger partial charge in [-0.15, -0.1) is 0 Å². The van der Waals surface area contributed by atoms with Crippen molar-refractivity contribution in [2.75, 3.05) is 13.1 Å². The number of nitrogens with zero attached hydrogens (tertiary/aromatic N) is 1. The maximum atomic E-state index is 12.1. The molecule has 1 heterocycles. The molecule has 96 valence electrons. The molecule has 0 aliphatic carbocycles. The summed E-state index contributed by atoms with van der Waals surface area (Å²) in [6.07, 6.45) is 0.384. The molecule has 1 amide bonds. The Morgan fingerprint density at radius 2 is 1.83 bits per heavy atom. The number of carbonyl (C=O) groups excluding carboxylic acids is 1. The van der Waals surface area contributed by atoms with Gasteiger partial charge < -0.3 is 20.2 Å². The Labute approximate surface area is 103 Å². The molecule has 1 atom stereocenters. The number of hydrogen-bond donors (Lipinski definition) is 3. The van der Waals surface area contributed by atoms with Crippen molar-refractivity contribution in [2.24, 2.45) is 5.92 Å². The van der Waals surface area contributed by atoms with E-state index in [2.05, 4.69) is 0 Å². The van der Waals surface area contributed by atoms with E-state index in [1.807, 2.05) is 0 Å². The Hall–Kier alpha value is -2.24. The lowest BCUT2D eigenvalue weighted by molar-refractivity contribution is -0.141. The highest BCUT2D eigenvalue weighted by Gasteiger charge is 2.33. The zero-order valence-electron chi connectivity index (χ0n) is 9.54. The van der Waals surface area contributed by atoms with Crippen molar-refractivity contribution in [3.8, 4) is 11.5 Å². The molecule has 3 N–H and O–H groups in total. The van der Waals surface area contributed by atoms with E-state index in [1.54, 1.807) is 0 Å². The molecule has 0 spiro atoms. The van der Waals surface area contributed by atoms with Crippen LogP contribution >= 0.6 is 0 Å². The first-order valence-corrected chi connectivity index (χ1v) is 5.53. The van der Waals surface area contributed by atoms with Gasteiger partial charge in [-0.2, -0.15) is 0 Å². The van der Waals surface area contributed by atoms with Gasteiger partial charge in [0, 0.05) is 13.1 Å². The Bertz CT molecular complexity index is 479. The molecule has 0 saturated carbocycles. The zero-order chi connectivity index (χ0) is 13.3. The van der Waals surface area contributed by atoms with Gasteiger partial charge in [0.2, 0.25) is 0 Å². The van der Waals surface area contributed by atoms with Gasteiger partial charge in [-0.05, 0) is 18.6 Å². The minimum absolute atomic E-state index is 0.0991. The van der Waals surface area contributed by atoms with Crippen LogP contribution in [0.4, 0.5) is 0 Å². The molecule has 6 heteroatoms. The molecule has 2 rings (SSSR count). The number of aliphatic carboxylic acids is 1. The van der Waals surface area contributed by atoms with Gasteiger partial charge in [0.1, 0.15) is 17.1 Å². The first-order chi connectivity index (χ1) is 8.50. The van der Waals surface area contributed by atoms with Crippen LogP contribution in [0, 0.1) is 5.92 Å². The van der Waals surface area contributed by atoms with E-state index in [0.29, 0.717) is 13.0 Å². The van der Waals surface area contributed by atoms with Crippen molar-refractivity contribution in [2.45, 2.75) is 6.42 Å². The lowest BCUT2D eigenvalue weighted by Gasteiger charge is -2.17. The third kappa shape index (κ3) is 2.09. The highest BCUT2D eigenvalue weighted by molar-refractivity contribution is 5.99. The topological polar surface area (TPSA) is 98.1 Å². The third-order valence-corrected chi connectivity index (χ3v) is 3.06. The fourth-order valence-electron chi connectivity index (χ4n) is 2.05. The van der Waals surface area contributed by atoms with Gasteiger partial charge >= 0.3 is 5.97 Å². The predicted molar refractivity (Wildman–Crippen MR) is 61.4 cm³/mol. The SMILES string of the molecule is O=C(O)C1CCN(C(=O)c2c(O)cccc2O)C1. The van der Waals surface area contributed by atoms with Crippen LogP contribution in [0.5, 0.6) is 11.5 Å². The fourth-order valence-corrected chi connectivity index (χ4v) is 2.05. The van der Waals surface area contributed by atoms with Crippen molar-refractivity contribution in [1.82, 2.24) is 4.90 Å². The lowest BCUT2D eigenvalue weighted by atomic mass is 10.1. The lowest BCUT2D eigenvalue weighted by Crippen LogP contribution is -2.30. The van der Waals surface area contributed by atoms with Crippen molar-refractivity contribution < 1.29 is 24.9 Å². The number of carbonyl (C=O) groups is 2. The van der Waals surface area contributed by atoms with Gasteiger partial charge in [-0.1, -0.05) is 6.07 Å². The van der Waals surface area contributed by atoms with E-state index in [-0.39, 0.29) is 23.6 Å². The molecule has 1 aliphatic rings. The number of benzene rings is 1. The second-order valence-electron chi connectivity index (χ2n) is 4.25. The summed E-state index contributed by atoms with van der Waals surface area (Å²) in [7, 11) is 0. The minimum Gasteiger partial charge on any atom is -0.507 e. The first kappa shape index (κ1) is 12.2. The minimum atomic E-state index is -0.938. The summed E-state index contributed by atoms with van der Waals surface area (Å²) in [6, 6.07) is 4.03. The molecule has 1 fully saturated rings. The molecule has 1 aromatic carbocycles. The van der Waals surface area contributed by atoms with Gasteiger partial charge in [0.15, 0.2) is 0 Å². The maximum absolute atomic E-state index is 12.1. The summed E-state index contributed by atoms with van der Waals surface area (Å²) in [5.74, 6) is -2.68. The number of amides is 1. The van der Waals surface area contributed by atoms with Crippen molar-refractivity contribution in [3.05, 3.63) is 23.8 Å². The molecule has 6 nitrogen and oxygen atoms in total. The highest BCUT2D eigenvalue weighted by atomic mass is 16.4. The number of rotatable bonds is 2. The molecule has 1 aliphatic heterocycles. The largest absolute Gasteiger partial charge is 0.507 e. The van der Waals surface area contributed by atoms with E-state index in [9.17, 15) is 19.8 Å². The highest BCUT2D eigenvalue weighted by Crippen LogP contribution is 2.29. The van der Waals surface area contributed by atoms with Crippen LogP contribution in [0.25, 0.3) is 0 Å². The first-order valence-electron chi connectivity index (χ1n) is 5.53. The number of carboxylic acid groups (broad SMARTS) is 1. The number of hydrogen-bond acceptors (Lipinski definition) is 4. The average molecular weight is 251 g/mol. The van der Waals surface area contributed by atoms with Crippen LogP contribution in [0.2, 0.25) is 0 Å². The van der Waals surface area contributed by atoms with Crippen LogP contribution in [-0.4, -0.2) is 45.2 Å². The van der Waals surface area contributed by atoms with Crippen molar-refractivity contribution in [1.29, 1.82) is 0 Å². The molecular formula is C12H13NO5. The third-order valence-electron chi connectivity index (χ3n) is 3.06. The average Bonchev–Trinajstić information content (AvgIpc) is 2.77. The maximum Gasteiger partial charge on any atom is 0.308 e. The summed E-state index contributed by atoms with van der Waals surface area (Å²) >= 11 is 0. The van der Waals surface area contributed by atoms with E-state index in [4.69, 9.17) is 5.11 Å². The molecule has 1 aromatic rings. The Kier molecular flexibility index (Phi) is 3.10. The molecule has 18 heavy (non-hydrogen) atoms. The number of aromatic hydroxyl groups is 2. The summed E-state index contributed by atoms with van der Waals surface area (Å²) in [5, 5.41) is 28.0. The number of carboxylic acids is 1. The Morgan fingerprint density at radius 3 is 2.33 bits per heavy atom. The van der Waals surface area contributed by atoms with Crippen LogP contribution in [0.15, 0.2) is 18.2 Å². The van der Waals surface area contributed by atoms with E-state index in [1.165, 1.54) is 23.1 Å². The smallest absolute Gasteiger partial charge is 0.308 e. The van der Waals surface area contributed by atoms with E-state index in [0.717, 1.165) is 0 Å². The molecule has 1 unspecified atom stereocenters. The van der Waals surface area contributed by atoms with Gasteiger partial charge in [-0.25, -0.2) is 0 Å². The molecule has 0 aromatic heterocycles. The van der Waals surface area contributed by atoms with Crippen LogP contribution < -0.4 is 0 Å². The Morgan fingerprint density at radius 1 is 1.22 bits per heavy atom. The van der Waals surface area contributed by atoms with Gasteiger partial charge in [-0.3, -0.25) is 9.59 Å². The quantitative estimate of drug-likeness (QED) is 0.716. The standard InChI is InChI=1S/C12H13NO5/c14-8-2-1-3-9(15)10(8)11(16)13-5-4-7(6-13)12(17)18/h1-3,7,14-15H,4-6H2,(H,17,18). The second kappa shape index (κ2) is 4.56. The monoisotopic (exact) mass is 251 g/mol. The van der Waals surface area contributed by atoms with E-state index >= 15 is 0 Å². The van der Waals surface area contributed by atoms with Gasteiger partial charge in [0.25, 0.3) is 5.91 Å². The zero-order valence-corrected chi connectivity index (χ0v) is 9.54. The van der Waals surface area contributed by atoms with Crippen molar-refractivity contribution >= 4 is 11.9 Å². The fraction of sp³-hybridized carbons (Fsp3) is 0.333. The second-order valence-corrected chi connectivity index (χ2v) is 4.25. The summed E-state index contributed by atoms with van der Waals surface area (Å²) in [4.78, 5) is 24.2.